The molecule has 0 fully saturated rings. The second kappa shape index (κ2) is 3.48. The van der Waals surface area contributed by atoms with E-state index in [1.54, 1.807) is 12.3 Å². The Bertz CT molecular complexity index is 740. The molecule has 5 nitrogen and oxygen atoms in total. The van der Waals surface area contributed by atoms with Crippen molar-refractivity contribution in [1.29, 1.82) is 0 Å². The smallest absolute Gasteiger partial charge is 0.356 e. The number of pyridine rings is 1. The first-order chi connectivity index (χ1) is 8.25. The van der Waals surface area contributed by atoms with E-state index in [-0.39, 0.29) is 5.69 Å². The number of hydrogen-bond acceptors (Lipinski definition) is 4. The number of rotatable bonds is 1. The lowest BCUT2D eigenvalue weighted by molar-refractivity contribution is 0.0690. The van der Waals surface area contributed by atoms with E-state index in [2.05, 4.69) is 15.0 Å². The van der Waals surface area contributed by atoms with E-state index < -0.39 is 5.97 Å². The average molecular weight is 225 g/mol. The van der Waals surface area contributed by atoms with Crippen LogP contribution in [0.1, 0.15) is 10.5 Å². The molecule has 0 aliphatic carbocycles. The molecule has 1 aromatic carbocycles. The third kappa shape index (κ3) is 1.48. The predicted molar refractivity (Wildman–Crippen MR) is 61.8 cm³/mol. The maximum Gasteiger partial charge on any atom is 0.356 e. The van der Waals surface area contributed by atoms with Crippen molar-refractivity contribution in [3.8, 4) is 0 Å². The van der Waals surface area contributed by atoms with Crippen LogP contribution in [-0.2, 0) is 0 Å². The highest BCUT2D eigenvalue weighted by molar-refractivity contribution is 6.02. The molecule has 3 rings (SSSR count). The summed E-state index contributed by atoms with van der Waals surface area (Å²) in [7, 11) is 0. The van der Waals surface area contributed by atoms with Crippen LogP contribution in [0.25, 0.3) is 21.9 Å². The Balaban J connectivity index is 2.46. The minimum Gasteiger partial charge on any atom is -0.476 e. The normalized spacial score (nSPS) is 10.8. The van der Waals surface area contributed by atoms with E-state index in [0.717, 1.165) is 5.39 Å². The number of carboxylic acid groups (broad SMARTS) is 1. The summed E-state index contributed by atoms with van der Waals surface area (Å²) in [4.78, 5) is 23.2. The molecule has 0 amide bonds. The summed E-state index contributed by atoms with van der Waals surface area (Å²) < 4.78 is 0. The third-order valence-corrected chi connectivity index (χ3v) is 2.50. The minimum atomic E-state index is -1.09. The second-order valence-electron chi connectivity index (χ2n) is 3.57. The van der Waals surface area contributed by atoms with Gasteiger partial charge in [-0.2, -0.15) is 0 Å². The van der Waals surface area contributed by atoms with Crippen LogP contribution in [0, 0.1) is 0 Å². The number of nitrogens with zero attached hydrogens (tertiary/aromatic N) is 3. The molecule has 0 spiro atoms. The fourth-order valence-corrected chi connectivity index (χ4v) is 1.72. The van der Waals surface area contributed by atoms with Crippen molar-refractivity contribution in [1.82, 2.24) is 15.0 Å². The predicted octanol–water partition coefficient (Wildman–Crippen LogP) is 1.88. The molecule has 0 saturated carbocycles. The molecule has 0 atom stereocenters. The van der Waals surface area contributed by atoms with Gasteiger partial charge in [-0.1, -0.05) is 12.1 Å². The highest BCUT2D eigenvalue weighted by Crippen LogP contribution is 2.20. The number of aromatic nitrogens is 3. The SMILES string of the molecule is O=C(O)c1cnc2ccc3cccnc3c2n1. The van der Waals surface area contributed by atoms with Crippen LogP contribution < -0.4 is 0 Å². The van der Waals surface area contributed by atoms with E-state index in [4.69, 9.17) is 5.11 Å². The molecule has 2 aromatic heterocycles. The summed E-state index contributed by atoms with van der Waals surface area (Å²) in [5.41, 5.74) is 1.75. The first kappa shape index (κ1) is 9.65. The fraction of sp³-hybridized carbons (Fsp3) is 0. The van der Waals surface area contributed by atoms with Gasteiger partial charge in [-0.25, -0.2) is 9.78 Å². The van der Waals surface area contributed by atoms with Gasteiger partial charge in [0.2, 0.25) is 0 Å². The monoisotopic (exact) mass is 225 g/mol. The molecular weight excluding hydrogens is 218 g/mol. The zero-order valence-corrected chi connectivity index (χ0v) is 8.66. The molecule has 0 radical (unpaired) electrons. The quantitative estimate of drug-likeness (QED) is 0.640. The van der Waals surface area contributed by atoms with Crippen LogP contribution in [0.3, 0.4) is 0 Å². The molecule has 0 unspecified atom stereocenters. The van der Waals surface area contributed by atoms with Gasteiger partial charge in [-0.15, -0.1) is 0 Å². The molecule has 82 valence electrons. The Morgan fingerprint density at radius 3 is 2.82 bits per heavy atom. The molecule has 17 heavy (non-hydrogen) atoms. The van der Waals surface area contributed by atoms with Crippen LogP contribution in [0.4, 0.5) is 0 Å². The Kier molecular flexibility index (Phi) is 1.98. The lowest BCUT2D eigenvalue weighted by atomic mass is 10.2. The van der Waals surface area contributed by atoms with Crippen molar-refractivity contribution in [2.75, 3.05) is 0 Å². The van der Waals surface area contributed by atoms with E-state index >= 15 is 0 Å². The van der Waals surface area contributed by atoms with Gasteiger partial charge in [0.15, 0.2) is 5.69 Å². The van der Waals surface area contributed by atoms with Gasteiger partial charge in [-0.05, 0) is 12.1 Å². The summed E-state index contributed by atoms with van der Waals surface area (Å²) in [6.07, 6.45) is 2.90. The molecule has 0 saturated heterocycles. The number of fused-ring (bicyclic) bond motifs is 3. The largest absolute Gasteiger partial charge is 0.476 e. The highest BCUT2D eigenvalue weighted by atomic mass is 16.4. The van der Waals surface area contributed by atoms with E-state index in [1.807, 2.05) is 18.2 Å². The summed E-state index contributed by atoms with van der Waals surface area (Å²) in [5.74, 6) is -1.09. The average Bonchev–Trinajstić information content (AvgIpc) is 2.38. The molecule has 0 bridgehead atoms. The van der Waals surface area contributed by atoms with Gasteiger partial charge in [0.25, 0.3) is 0 Å². The molecular formula is C12H7N3O2. The molecule has 2 heterocycles. The van der Waals surface area contributed by atoms with E-state index in [1.165, 1.54) is 6.20 Å². The molecule has 1 N–H and O–H groups in total. The third-order valence-electron chi connectivity index (χ3n) is 2.50. The van der Waals surface area contributed by atoms with Crippen molar-refractivity contribution in [3.63, 3.8) is 0 Å². The topological polar surface area (TPSA) is 76.0 Å². The van der Waals surface area contributed by atoms with Crippen LogP contribution in [0.5, 0.6) is 0 Å². The zero-order valence-electron chi connectivity index (χ0n) is 8.66. The summed E-state index contributed by atoms with van der Waals surface area (Å²) in [5, 5.41) is 9.81. The Labute approximate surface area is 95.8 Å². The summed E-state index contributed by atoms with van der Waals surface area (Å²) >= 11 is 0. The first-order valence-electron chi connectivity index (χ1n) is 4.99. The highest BCUT2D eigenvalue weighted by Gasteiger charge is 2.09. The number of benzene rings is 1. The Morgan fingerprint density at radius 1 is 1.12 bits per heavy atom. The van der Waals surface area contributed by atoms with Crippen LogP contribution in [0.15, 0.2) is 36.7 Å². The van der Waals surface area contributed by atoms with Crippen molar-refractivity contribution >= 4 is 27.9 Å². The van der Waals surface area contributed by atoms with Gasteiger partial charge >= 0.3 is 5.97 Å². The molecule has 5 heteroatoms. The van der Waals surface area contributed by atoms with E-state index in [0.29, 0.717) is 16.6 Å². The Hall–Kier alpha value is -2.56. The van der Waals surface area contributed by atoms with Gasteiger partial charge in [0.05, 0.1) is 17.2 Å². The molecule has 0 aliphatic rings. The second-order valence-corrected chi connectivity index (χ2v) is 3.57. The van der Waals surface area contributed by atoms with Gasteiger partial charge in [0.1, 0.15) is 5.52 Å². The molecule has 3 aromatic rings. The van der Waals surface area contributed by atoms with Crippen molar-refractivity contribution in [2.24, 2.45) is 0 Å². The summed E-state index contributed by atoms with van der Waals surface area (Å²) in [6.45, 7) is 0. The Morgan fingerprint density at radius 2 is 2.00 bits per heavy atom. The lowest BCUT2D eigenvalue weighted by Gasteiger charge is -2.02. The maximum absolute atomic E-state index is 10.9. The van der Waals surface area contributed by atoms with Crippen LogP contribution in [0.2, 0.25) is 0 Å². The van der Waals surface area contributed by atoms with Crippen molar-refractivity contribution < 1.29 is 9.90 Å². The number of carboxylic acids is 1. The van der Waals surface area contributed by atoms with Crippen molar-refractivity contribution in [2.45, 2.75) is 0 Å². The summed E-state index contributed by atoms with van der Waals surface area (Å²) in [6, 6.07) is 7.41. The van der Waals surface area contributed by atoms with Crippen molar-refractivity contribution in [3.05, 3.63) is 42.4 Å². The van der Waals surface area contributed by atoms with E-state index in [9.17, 15) is 4.79 Å². The lowest BCUT2D eigenvalue weighted by Crippen LogP contribution is -2.01. The van der Waals surface area contributed by atoms with Gasteiger partial charge in [-0.3, -0.25) is 9.97 Å². The maximum atomic E-state index is 10.9. The zero-order chi connectivity index (χ0) is 11.8. The number of hydrogen-bond donors (Lipinski definition) is 1. The van der Waals surface area contributed by atoms with Crippen LogP contribution >= 0.6 is 0 Å². The fourth-order valence-electron chi connectivity index (χ4n) is 1.72. The minimum absolute atomic E-state index is 0.0735. The van der Waals surface area contributed by atoms with Gasteiger partial charge < -0.3 is 5.11 Å². The number of aromatic carboxylic acids is 1. The van der Waals surface area contributed by atoms with Crippen LogP contribution in [-0.4, -0.2) is 26.0 Å². The number of carbonyl (C=O) groups is 1. The van der Waals surface area contributed by atoms with Gasteiger partial charge in [0, 0.05) is 11.6 Å². The molecule has 0 aliphatic heterocycles. The standard InChI is InChI=1S/C12H7N3O2/c16-12(17)9-6-14-8-4-3-7-2-1-5-13-10(7)11(8)15-9/h1-6H,(H,16,17). The first-order valence-corrected chi connectivity index (χ1v) is 4.99.